The SMILES string of the molecule is CCN(CC1CCCO1)c1cccc(CN)n1. The lowest BCUT2D eigenvalue weighted by molar-refractivity contribution is 0.115. The van der Waals surface area contributed by atoms with Crippen LogP contribution < -0.4 is 10.6 Å². The second-order valence-corrected chi connectivity index (χ2v) is 4.36. The Morgan fingerprint density at radius 2 is 2.41 bits per heavy atom. The maximum atomic E-state index is 5.67. The first-order valence-electron chi connectivity index (χ1n) is 6.36. The van der Waals surface area contributed by atoms with Gasteiger partial charge in [0.25, 0.3) is 0 Å². The zero-order valence-electron chi connectivity index (χ0n) is 10.4. The number of pyridine rings is 1. The first kappa shape index (κ1) is 12.3. The molecule has 0 bridgehead atoms. The van der Waals surface area contributed by atoms with E-state index in [4.69, 9.17) is 10.5 Å². The van der Waals surface area contributed by atoms with Crippen LogP contribution in [0.2, 0.25) is 0 Å². The summed E-state index contributed by atoms with van der Waals surface area (Å²) in [5.74, 6) is 1.01. The average molecular weight is 235 g/mol. The Kier molecular flexibility index (Phi) is 4.34. The number of aromatic nitrogens is 1. The van der Waals surface area contributed by atoms with E-state index in [1.807, 2.05) is 18.2 Å². The highest BCUT2D eigenvalue weighted by atomic mass is 16.5. The molecule has 1 fully saturated rings. The monoisotopic (exact) mass is 235 g/mol. The van der Waals surface area contributed by atoms with Crippen LogP contribution in [0.1, 0.15) is 25.5 Å². The molecule has 17 heavy (non-hydrogen) atoms. The van der Waals surface area contributed by atoms with Gasteiger partial charge in [-0.05, 0) is 31.9 Å². The van der Waals surface area contributed by atoms with Crippen molar-refractivity contribution in [1.82, 2.24) is 4.98 Å². The topological polar surface area (TPSA) is 51.4 Å². The lowest BCUT2D eigenvalue weighted by Crippen LogP contribution is -2.32. The zero-order chi connectivity index (χ0) is 12.1. The molecule has 2 rings (SSSR count). The minimum atomic E-state index is 0.360. The van der Waals surface area contributed by atoms with E-state index >= 15 is 0 Å². The number of hydrogen-bond donors (Lipinski definition) is 1. The van der Waals surface area contributed by atoms with Crippen LogP contribution in [0.5, 0.6) is 0 Å². The molecule has 0 radical (unpaired) electrons. The molecule has 1 aromatic rings. The van der Waals surface area contributed by atoms with E-state index in [0.717, 1.165) is 37.6 Å². The van der Waals surface area contributed by atoms with E-state index in [1.165, 1.54) is 6.42 Å². The number of ether oxygens (including phenoxy) is 1. The zero-order valence-corrected chi connectivity index (χ0v) is 10.4. The molecular formula is C13H21N3O. The molecule has 0 amide bonds. The first-order chi connectivity index (χ1) is 8.33. The standard InChI is InChI=1S/C13H21N3O/c1-2-16(10-12-6-4-8-17-12)13-7-3-5-11(9-14)15-13/h3,5,7,12H,2,4,6,8-10,14H2,1H3. The van der Waals surface area contributed by atoms with Crippen LogP contribution >= 0.6 is 0 Å². The number of nitrogens with zero attached hydrogens (tertiary/aromatic N) is 2. The molecule has 94 valence electrons. The van der Waals surface area contributed by atoms with E-state index < -0.39 is 0 Å². The Hall–Kier alpha value is -1.13. The van der Waals surface area contributed by atoms with Crippen molar-refractivity contribution in [2.24, 2.45) is 5.73 Å². The summed E-state index contributed by atoms with van der Waals surface area (Å²) in [6.45, 7) is 5.41. The van der Waals surface area contributed by atoms with Crippen LogP contribution in [0.4, 0.5) is 5.82 Å². The summed E-state index contributed by atoms with van der Waals surface area (Å²) in [5.41, 5.74) is 6.56. The summed E-state index contributed by atoms with van der Waals surface area (Å²) >= 11 is 0. The fourth-order valence-corrected chi connectivity index (χ4v) is 2.18. The van der Waals surface area contributed by atoms with E-state index in [-0.39, 0.29) is 0 Å². The third kappa shape index (κ3) is 3.17. The highest BCUT2D eigenvalue weighted by Gasteiger charge is 2.19. The molecular weight excluding hydrogens is 214 g/mol. The first-order valence-corrected chi connectivity index (χ1v) is 6.36. The lowest BCUT2D eigenvalue weighted by Gasteiger charge is -2.25. The average Bonchev–Trinajstić information content (AvgIpc) is 2.89. The molecule has 4 heteroatoms. The van der Waals surface area contributed by atoms with Gasteiger partial charge in [0.2, 0.25) is 0 Å². The maximum Gasteiger partial charge on any atom is 0.128 e. The normalized spacial score (nSPS) is 19.5. The van der Waals surface area contributed by atoms with Crippen LogP contribution in [-0.4, -0.2) is 30.8 Å². The van der Waals surface area contributed by atoms with Crippen LogP contribution in [-0.2, 0) is 11.3 Å². The van der Waals surface area contributed by atoms with E-state index in [0.29, 0.717) is 12.6 Å². The molecule has 2 heterocycles. The van der Waals surface area contributed by atoms with Gasteiger partial charge in [0.15, 0.2) is 0 Å². The Labute approximate surface area is 103 Å². The van der Waals surface area contributed by atoms with Crippen LogP contribution in [0, 0.1) is 0 Å². The van der Waals surface area contributed by atoms with Crippen molar-refractivity contribution in [3.05, 3.63) is 23.9 Å². The van der Waals surface area contributed by atoms with Crippen LogP contribution in [0.25, 0.3) is 0 Å². The fraction of sp³-hybridized carbons (Fsp3) is 0.615. The van der Waals surface area contributed by atoms with Crippen molar-refractivity contribution < 1.29 is 4.74 Å². The van der Waals surface area contributed by atoms with Gasteiger partial charge in [-0.2, -0.15) is 0 Å². The minimum Gasteiger partial charge on any atom is -0.376 e. The van der Waals surface area contributed by atoms with Gasteiger partial charge in [0.05, 0.1) is 11.8 Å². The van der Waals surface area contributed by atoms with Gasteiger partial charge in [-0.3, -0.25) is 0 Å². The number of likely N-dealkylation sites (N-methyl/N-ethyl adjacent to an activating group) is 1. The van der Waals surface area contributed by atoms with Crippen molar-refractivity contribution in [2.45, 2.75) is 32.4 Å². The van der Waals surface area contributed by atoms with Crippen molar-refractivity contribution in [2.75, 3.05) is 24.6 Å². The summed E-state index contributed by atoms with van der Waals surface area (Å²) in [5, 5.41) is 0. The van der Waals surface area contributed by atoms with Gasteiger partial charge >= 0.3 is 0 Å². The van der Waals surface area contributed by atoms with Crippen LogP contribution in [0.15, 0.2) is 18.2 Å². The summed E-state index contributed by atoms with van der Waals surface area (Å²) in [6.07, 6.45) is 2.70. The maximum absolute atomic E-state index is 5.67. The molecule has 0 aliphatic carbocycles. The summed E-state index contributed by atoms with van der Waals surface area (Å²) in [6, 6.07) is 6.02. The van der Waals surface area contributed by atoms with Crippen LogP contribution in [0.3, 0.4) is 0 Å². The van der Waals surface area contributed by atoms with Gasteiger partial charge < -0.3 is 15.4 Å². The van der Waals surface area contributed by atoms with Gasteiger partial charge in [0.1, 0.15) is 5.82 Å². The Balaban J connectivity index is 2.04. The lowest BCUT2D eigenvalue weighted by atomic mass is 10.2. The number of hydrogen-bond acceptors (Lipinski definition) is 4. The molecule has 0 aromatic carbocycles. The van der Waals surface area contributed by atoms with E-state index in [2.05, 4.69) is 16.8 Å². The summed E-state index contributed by atoms with van der Waals surface area (Å²) in [7, 11) is 0. The van der Waals surface area contributed by atoms with Gasteiger partial charge in [-0.15, -0.1) is 0 Å². The molecule has 1 saturated heterocycles. The third-order valence-corrected chi connectivity index (χ3v) is 3.15. The number of anilines is 1. The summed E-state index contributed by atoms with van der Waals surface area (Å²) < 4.78 is 5.67. The van der Waals surface area contributed by atoms with Crippen molar-refractivity contribution in [3.8, 4) is 0 Å². The molecule has 0 saturated carbocycles. The number of nitrogens with two attached hydrogens (primary N) is 1. The molecule has 2 N–H and O–H groups in total. The highest BCUT2D eigenvalue weighted by Crippen LogP contribution is 2.17. The number of rotatable bonds is 5. The molecule has 4 nitrogen and oxygen atoms in total. The Bertz CT molecular complexity index is 350. The van der Waals surface area contributed by atoms with Gasteiger partial charge in [0, 0.05) is 26.2 Å². The second kappa shape index (κ2) is 5.98. The Morgan fingerprint density at radius 1 is 1.53 bits per heavy atom. The second-order valence-electron chi connectivity index (χ2n) is 4.36. The molecule has 1 aliphatic rings. The minimum absolute atomic E-state index is 0.360. The van der Waals surface area contributed by atoms with Gasteiger partial charge in [-0.25, -0.2) is 4.98 Å². The highest BCUT2D eigenvalue weighted by molar-refractivity contribution is 5.39. The van der Waals surface area contributed by atoms with E-state index in [1.54, 1.807) is 0 Å². The quantitative estimate of drug-likeness (QED) is 0.841. The summed E-state index contributed by atoms with van der Waals surface area (Å²) in [4.78, 5) is 6.81. The van der Waals surface area contributed by atoms with Crippen molar-refractivity contribution >= 4 is 5.82 Å². The molecule has 1 unspecified atom stereocenters. The molecule has 1 aliphatic heterocycles. The third-order valence-electron chi connectivity index (χ3n) is 3.15. The van der Waals surface area contributed by atoms with Crippen molar-refractivity contribution in [3.63, 3.8) is 0 Å². The molecule has 1 aromatic heterocycles. The smallest absolute Gasteiger partial charge is 0.128 e. The largest absolute Gasteiger partial charge is 0.376 e. The Morgan fingerprint density at radius 3 is 3.06 bits per heavy atom. The van der Waals surface area contributed by atoms with Gasteiger partial charge in [-0.1, -0.05) is 6.07 Å². The van der Waals surface area contributed by atoms with E-state index in [9.17, 15) is 0 Å². The predicted molar refractivity (Wildman–Crippen MR) is 69.0 cm³/mol. The van der Waals surface area contributed by atoms with Crippen molar-refractivity contribution in [1.29, 1.82) is 0 Å². The molecule has 0 spiro atoms. The predicted octanol–water partition coefficient (Wildman–Crippen LogP) is 1.55. The molecule has 1 atom stereocenters. The fourth-order valence-electron chi connectivity index (χ4n) is 2.18.